The van der Waals surface area contributed by atoms with E-state index in [0.717, 1.165) is 63.0 Å². The van der Waals surface area contributed by atoms with E-state index in [1.54, 1.807) is 4.90 Å². The number of carboxylic acids is 1. The Kier molecular flexibility index (Phi) is 9.14. The summed E-state index contributed by atoms with van der Waals surface area (Å²) in [4.78, 5) is 30.7. The Morgan fingerprint density at radius 2 is 1.91 bits per heavy atom. The monoisotopic (exact) mass is 446 g/mol. The summed E-state index contributed by atoms with van der Waals surface area (Å²) in [6, 6.07) is 3.05. The average Bonchev–Trinajstić information content (AvgIpc) is 2.77. The summed E-state index contributed by atoms with van der Waals surface area (Å²) >= 11 is 0. The minimum Gasteiger partial charge on any atom is -0.480 e. The lowest BCUT2D eigenvalue weighted by molar-refractivity contribution is -0.139. The number of pyridine rings is 1. The largest absolute Gasteiger partial charge is 0.480 e. The van der Waals surface area contributed by atoms with Crippen molar-refractivity contribution in [3.8, 4) is 0 Å². The zero-order valence-corrected chi connectivity index (χ0v) is 19.4. The number of unbranched alkanes of at least 4 members (excludes halogenated alkanes) is 4. The third-order valence-corrected chi connectivity index (χ3v) is 6.38. The molecule has 1 unspecified atom stereocenters. The molecule has 2 aliphatic rings. The fourth-order valence-electron chi connectivity index (χ4n) is 4.58. The lowest BCUT2D eigenvalue weighted by Gasteiger charge is -2.39. The van der Waals surface area contributed by atoms with E-state index < -0.39 is 12.0 Å². The van der Waals surface area contributed by atoms with Crippen LogP contribution >= 0.6 is 0 Å². The second-order valence-corrected chi connectivity index (χ2v) is 9.13. The van der Waals surface area contributed by atoms with Gasteiger partial charge in [0.15, 0.2) is 0 Å². The molecule has 0 aromatic carbocycles. The summed E-state index contributed by atoms with van der Waals surface area (Å²) in [5.41, 5.74) is 2.45. The van der Waals surface area contributed by atoms with Crippen LogP contribution in [-0.2, 0) is 22.4 Å². The molecule has 3 heterocycles. The SMILES string of the molecule is C[C@@H]1COC[C@@H](C)N1C(=O)NC(CCCCCCCc1ccc2c(n1)NCCC2)C(=O)O. The van der Waals surface area contributed by atoms with Crippen molar-refractivity contribution >= 4 is 17.8 Å². The number of carbonyl (C=O) groups is 2. The molecule has 1 saturated heterocycles. The summed E-state index contributed by atoms with van der Waals surface area (Å²) in [6.07, 6.45) is 8.68. The van der Waals surface area contributed by atoms with Gasteiger partial charge in [-0.2, -0.15) is 0 Å². The number of nitrogens with zero attached hydrogens (tertiary/aromatic N) is 2. The quantitative estimate of drug-likeness (QED) is 0.475. The summed E-state index contributed by atoms with van der Waals surface area (Å²) in [5, 5.41) is 15.6. The molecule has 178 valence electrons. The Bertz CT molecular complexity index is 762. The van der Waals surface area contributed by atoms with Gasteiger partial charge in [0.05, 0.1) is 25.3 Å². The molecular formula is C24H38N4O4. The molecule has 1 aromatic rings. The molecule has 1 fully saturated rings. The van der Waals surface area contributed by atoms with Crippen LogP contribution in [0.15, 0.2) is 12.1 Å². The lowest BCUT2D eigenvalue weighted by atomic mass is 10.0. The number of carbonyl (C=O) groups excluding carboxylic acids is 1. The molecule has 2 aliphatic heterocycles. The van der Waals surface area contributed by atoms with Gasteiger partial charge < -0.3 is 25.4 Å². The smallest absolute Gasteiger partial charge is 0.326 e. The molecule has 3 rings (SSSR count). The maximum atomic E-state index is 12.6. The van der Waals surface area contributed by atoms with Crippen LogP contribution < -0.4 is 10.6 Å². The van der Waals surface area contributed by atoms with Gasteiger partial charge in [-0.3, -0.25) is 0 Å². The highest BCUT2D eigenvalue weighted by molar-refractivity contribution is 5.82. The normalized spacial score (nSPS) is 21.4. The number of hydrogen-bond donors (Lipinski definition) is 3. The van der Waals surface area contributed by atoms with Gasteiger partial charge in [0.1, 0.15) is 11.9 Å². The number of ether oxygens (including phenoxy) is 1. The van der Waals surface area contributed by atoms with Gasteiger partial charge in [-0.1, -0.05) is 31.7 Å². The topological polar surface area (TPSA) is 104 Å². The number of carboxylic acid groups (broad SMARTS) is 1. The van der Waals surface area contributed by atoms with E-state index in [1.807, 2.05) is 13.8 Å². The third-order valence-electron chi connectivity index (χ3n) is 6.38. The first-order chi connectivity index (χ1) is 15.5. The Morgan fingerprint density at radius 1 is 1.19 bits per heavy atom. The molecule has 0 aliphatic carbocycles. The van der Waals surface area contributed by atoms with Crippen molar-refractivity contribution in [1.82, 2.24) is 15.2 Å². The van der Waals surface area contributed by atoms with Crippen molar-refractivity contribution in [2.45, 2.75) is 89.8 Å². The number of hydrogen-bond acceptors (Lipinski definition) is 5. The summed E-state index contributed by atoms with van der Waals surface area (Å²) in [5.74, 6) is 0.0791. The zero-order chi connectivity index (χ0) is 22.9. The van der Waals surface area contributed by atoms with Crippen molar-refractivity contribution < 1.29 is 19.4 Å². The van der Waals surface area contributed by atoms with Crippen LogP contribution in [0, 0.1) is 0 Å². The van der Waals surface area contributed by atoms with Crippen molar-refractivity contribution in [2.24, 2.45) is 0 Å². The molecule has 3 atom stereocenters. The predicted octanol–water partition coefficient (Wildman–Crippen LogP) is 3.59. The Hall–Kier alpha value is -2.35. The highest BCUT2D eigenvalue weighted by Gasteiger charge is 2.32. The van der Waals surface area contributed by atoms with Gasteiger partial charge >= 0.3 is 12.0 Å². The van der Waals surface area contributed by atoms with Gasteiger partial charge in [0.2, 0.25) is 0 Å². The number of aromatic nitrogens is 1. The number of rotatable bonds is 10. The number of fused-ring (bicyclic) bond motifs is 1. The van der Waals surface area contributed by atoms with Crippen LogP contribution in [-0.4, -0.2) is 64.9 Å². The number of morpholine rings is 1. The van der Waals surface area contributed by atoms with Crippen molar-refractivity contribution in [3.63, 3.8) is 0 Å². The molecule has 0 spiro atoms. The number of aliphatic carboxylic acids is 1. The van der Waals surface area contributed by atoms with Crippen LogP contribution in [0.5, 0.6) is 0 Å². The van der Waals surface area contributed by atoms with E-state index in [0.29, 0.717) is 19.6 Å². The van der Waals surface area contributed by atoms with Crippen LogP contribution in [0.25, 0.3) is 0 Å². The number of amides is 2. The van der Waals surface area contributed by atoms with E-state index in [9.17, 15) is 14.7 Å². The minimum atomic E-state index is -0.973. The van der Waals surface area contributed by atoms with Gasteiger partial charge in [-0.05, 0) is 57.6 Å². The number of anilines is 1. The van der Waals surface area contributed by atoms with Gasteiger partial charge in [-0.15, -0.1) is 0 Å². The maximum absolute atomic E-state index is 12.6. The van der Waals surface area contributed by atoms with Gasteiger partial charge in [0.25, 0.3) is 0 Å². The molecule has 8 nitrogen and oxygen atoms in total. The van der Waals surface area contributed by atoms with Gasteiger partial charge in [0, 0.05) is 12.2 Å². The molecule has 3 N–H and O–H groups in total. The lowest BCUT2D eigenvalue weighted by Crippen LogP contribution is -2.58. The first-order valence-electron chi connectivity index (χ1n) is 12.1. The fraction of sp³-hybridized carbons (Fsp3) is 0.708. The van der Waals surface area contributed by atoms with Crippen molar-refractivity contribution in [1.29, 1.82) is 0 Å². The number of urea groups is 1. The molecule has 32 heavy (non-hydrogen) atoms. The standard InChI is InChI=1S/C24H38N4O4/c1-17-15-32-16-18(2)28(17)24(31)27-21(23(29)30)11-7-5-3-4-6-10-20-13-12-19-9-8-14-25-22(19)26-20/h12-13,17-18,21H,3-11,14-16H2,1-2H3,(H,25,26)(H,27,31)(H,29,30)/t17-,18-,21?/m1/s1. The highest BCUT2D eigenvalue weighted by atomic mass is 16.5. The molecule has 0 bridgehead atoms. The first-order valence-corrected chi connectivity index (χ1v) is 12.1. The van der Waals surface area contributed by atoms with Crippen LogP contribution in [0.3, 0.4) is 0 Å². The molecule has 2 amide bonds. The summed E-state index contributed by atoms with van der Waals surface area (Å²) in [6.45, 7) is 5.80. The first kappa shape index (κ1) is 24.3. The van der Waals surface area contributed by atoms with Crippen LogP contribution in [0.4, 0.5) is 10.6 Å². The van der Waals surface area contributed by atoms with E-state index in [-0.39, 0.29) is 18.1 Å². The van der Waals surface area contributed by atoms with Crippen molar-refractivity contribution in [2.75, 3.05) is 25.1 Å². The van der Waals surface area contributed by atoms with E-state index in [1.165, 1.54) is 12.0 Å². The van der Waals surface area contributed by atoms with E-state index in [4.69, 9.17) is 9.72 Å². The molecule has 0 radical (unpaired) electrons. The molecule has 1 aromatic heterocycles. The summed E-state index contributed by atoms with van der Waals surface area (Å²) in [7, 11) is 0. The van der Waals surface area contributed by atoms with Crippen LogP contribution in [0.1, 0.15) is 70.1 Å². The molecular weight excluding hydrogens is 408 g/mol. The molecule has 0 saturated carbocycles. The van der Waals surface area contributed by atoms with Crippen molar-refractivity contribution in [3.05, 3.63) is 23.4 Å². The maximum Gasteiger partial charge on any atom is 0.326 e. The molecule has 8 heteroatoms. The highest BCUT2D eigenvalue weighted by Crippen LogP contribution is 2.21. The predicted molar refractivity (Wildman–Crippen MR) is 124 cm³/mol. The Morgan fingerprint density at radius 3 is 2.66 bits per heavy atom. The van der Waals surface area contributed by atoms with E-state index >= 15 is 0 Å². The second-order valence-electron chi connectivity index (χ2n) is 9.13. The zero-order valence-electron chi connectivity index (χ0n) is 19.4. The Balaban J connectivity index is 1.32. The summed E-state index contributed by atoms with van der Waals surface area (Å²) < 4.78 is 5.45. The Labute approximate surface area is 191 Å². The number of aryl methyl sites for hydroxylation is 2. The fourth-order valence-corrected chi connectivity index (χ4v) is 4.58. The van der Waals surface area contributed by atoms with Crippen LogP contribution in [0.2, 0.25) is 0 Å². The third kappa shape index (κ3) is 6.82. The van der Waals surface area contributed by atoms with Gasteiger partial charge in [-0.25, -0.2) is 14.6 Å². The average molecular weight is 447 g/mol. The minimum absolute atomic E-state index is 0.0615. The van der Waals surface area contributed by atoms with E-state index in [2.05, 4.69) is 22.8 Å². The second kappa shape index (κ2) is 12.0. The number of nitrogens with one attached hydrogen (secondary N) is 2.